The third-order valence-corrected chi connectivity index (χ3v) is 4.81. The number of para-hydroxylation sites is 1. The number of benzene rings is 2. The summed E-state index contributed by atoms with van der Waals surface area (Å²) in [7, 11) is 5.46. The highest BCUT2D eigenvalue weighted by atomic mass is 16.5. The van der Waals surface area contributed by atoms with E-state index >= 15 is 0 Å². The Morgan fingerprint density at radius 3 is 1.96 bits per heavy atom. The minimum absolute atomic E-state index is 0.0100. The van der Waals surface area contributed by atoms with Gasteiger partial charge in [-0.2, -0.15) is 0 Å². The molecular weight excluding hydrogens is 342 g/mol. The van der Waals surface area contributed by atoms with Crippen LogP contribution in [0.15, 0.2) is 48.5 Å². The van der Waals surface area contributed by atoms with Crippen molar-refractivity contribution in [3.63, 3.8) is 0 Å². The fourth-order valence-corrected chi connectivity index (χ4v) is 3.24. The van der Waals surface area contributed by atoms with Gasteiger partial charge in [-0.05, 0) is 36.4 Å². The molecule has 1 heterocycles. The highest BCUT2D eigenvalue weighted by Gasteiger charge is 2.26. The molecule has 3 rings (SSSR count). The quantitative estimate of drug-likeness (QED) is 0.833. The Hall–Kier alpha value is -3.02. The van der Waals surface area contributed by atoms with Crippen LogP contribution < -0.4 is 9.64 Å². The molecule has 0 spiro atoms. The summed E-state index contributed by atoms with van der Waals surface area (Å²) in [5, 5.41) is 0. The first-order chi connectivity index (χ1) is 13.0. The van der Waals surface area contributed by atoms with Crippen LogP contribution in [0.2, 0.25) is 0 Å². The summed E-state index contributed by atoms with van der Waals surface area (Å²) in [6.07, 6.45) is 0. The van der Waals surface area contributed by atoms with Gasteiger partial charge in [0.05, 0.1) is 12.7 Å². The minimum atomic E-state index is -0.0153. The predicted octanol–water partition coefficient (Wildman–Crippen LogP) is 2.36. The van der Waals surface area contributed by atoms with Gasteiger partial charge in [0, 0.05) is 51.5 Å². The Labute approximate surface area is 159 Å². The highest BCUT2D eigenvalue weighted by molar-refractivity contribution is 6.00. The summed E-state index contributed by atoms with van der Waals surface area (Å²) < 4.78 is 5.13. The average molecular weight is 367 g/mol. The standard InChI is InChI=1S/C21H25N3O3/c1-22(2)19-7-5-4-6-18(19)21(26)24-14-12-23(13-15-24)20(25)16-8-10-17(27-3)11-9-16/h4-11H,12-15H2,1-3H3. The van der Waals surface area contributed by atoms with E-state index in [-0.39, 0.29) is 11.8 Å². The van der Waals surface area contributed by atoms with Gasteiger partial charge >= 0.3 is 0 Å². The fraction of sp³-hybridized carbons (Fsp3) is 0.333. The van der Waals surface area contributed by atoms with Gasteiger partial charge in [-0.3, -0.25) is 9.59 Å². The van der Waals surface area contributed by atoms with E-state index in [0.717, 1.165) is 11.4 Å². The van der Waals surface area contributed by atoms with Crippen LogP contribution >= 0.6 is 0 Å². The van der Waals surface area contributed by atoms with E-state index in [1.54, 1.807) is 36.3 Å². The molecule has 1 fully saturated rings. The molecule has 1 aliphatic rings. The largest absolute Gasteiger partial charge is 0.497 e. The van der Waals surface area contributed by atoms with Crippen molar-refractivity contribution in [2.45, 2.75) is 0 Å². The number of nitrogens with zero attached hydrogens (tertiary/aromatic N) is 3. The monoisotopic (exact) mass is 367 g/mol. The number of hydrogen-bond acceptors (Lipinski definition) is 4. The maximum Gasteiger partial charge on any atom is 0.256 e. The maximum atomic E-state index is 12.9. The van der Waals surface area contributed by atoms with Gasteiger partial charge in [0.15, 0.2) is 0 Å². The van der Waals surface area contributed by atoms with Gasteiger partial charge in [-0.25, -0.2) is 0 Å². The van der Waals surface area contributed by atoms with E-state index < -0.39 is 0 Å². The number of carbonyl (C=O) groups excluding carboxylic acids is 2. The van der Waals surface area contributed by atoms with E-state index in [1.165, 1.54) is 0 Å². The minimum Gasteiger partial charge on any atom is -0.497 e. The van der Waals surface area contributed by atoms with E-state index in [2.05, 4.69) is 0 Å². The topological polar surface area (TPSA) is 53.1 Å². The normalized spacial score (nSPS) is 14.0. The third kappa shape index (κ3) is 4.05. The van der Waals surface area contributed by atoms with Crippen LogP contribution in [0.3, 0.4) is 0 Å². The lowest BCUT2D eigenvalue weighted by molar-refractivity contribution is 0.0536. The first-order valence-electron chi connectivity index (χ1n) is 9.00. The number of methoxy groups -OCH3 is 1. The van der Waals surface area contributed by atoms with E-state index in [1.807, 2.05) is 48.2 Å². The molecule has 0 aliphatic carbocycles. The van der Waals surface area contributed by atoms with Crippen LogP contribution in [-0.4, -0.2) is 69.0 Å². The molecule has 0 saturated carbocycles. The Balaban J connectivity index is 1.64. The molecule has 6 nitrogen and oxygen atoms in total. The lowest BCUT2D eigenvalue weighted by atomic mass is 10.1. The van der Waals surface area contributed by atoms with Crippen molar-refractivity contribution in [2.75, 3.05) is 52.3 Å². The molecule has 0 aromatic heterocycles. The number of amides is 2. The molecule has 27 heavy (non-hydrogen) atoms. The molecule has 0 N–H and O–H groups in total. The summed E-state index contributed by atoms with van der Waals surface area (Å²) in [5.74, 6) is 0.718. The smallest absolute Gasteiger partial charge is 0.256 e. The molecular formula is C21H25N3O3. The molecule has 1 saturated heterocycles. The van der Waals surface area contributed by atoms with Crippen molar-refractivity contribution in [1.29, 1.82) is 0 Å². The third-order valence-electron chi connectivity index (χ3n) is 4.81. The summed E-state index contributed by atoms with van der Waals surface area (Å²) in [5.41, 5.74) is 2.23. The molecule has 0 unspecified atom stereocenters. The fourth-order valence-electron chi connectivity index (χ4n) is 3.24. The molecule has 0 atom stereocenters. The Kier molecular flexibility index (Phi) is 5.64. The SMILES string of the molecule is COc1ccc(C(=O)N2CCN(C(=O)c3ccccc3N(C)C)CC2)cc1. The summed E-state index contributed by atoms with van der Waals surface area (Å²) in [6, 6.07) is 14.7. The van der Waals surface area contributed by atoms with Gasteiger partial charge in [-0.1, -0.05) is 12.1 Å². The van der Waals surface area contributed by atoms with Gasteiger partial charge in [0.25, 0.3) is 11.8 Å². The lowest BCUT2D eigenvalue weighted by Gasteiger charge is -2.35. The zero-order valence-electron chi connectivity index (χ0n) is 16.0. The number of anilines is 1. The molecule has 0 bridgehead atoms. The summed E-state index contributed by atoms with van der Waals surface area (Å²) in [4.78, 5) is 31.1. The number of carbonyl (C=O) groups is 2. The zero-order chi connectivity index (χ0) is 19.4. The van der Waals surface area contributed by atoms with Crippen LogP contribution in [0.4, 0.5) is 5.69 Å². The number of piperazine rings is 1. The lowest BCUT2D eigenvalue weighted by Crippen LogP contribution is -2.50. The van der Waals surface area contributed by atoms with Crippen LogP contribution in [-0.2, 0) is 0 Å². The van der Waals surface area contributed by atoms with E-state index in [0.29, 0.717) is 37.3 Å². The van der Waals surface area contributed by atoms with Gasteiger partial charge in [0.1, 0.15) is 5.75 Å². The molecule has 2 aromatic carbocycles. The number of ether oxygens (including phenoxy) is 1. The zero-order valence-corrected chi connectivity index (χ0v) is 16.0. The first kappa shape index (κ1) is 18.8. The number of hydrogen-bond donors (Lipinski definition) is 0. The molecule has 0 radical (unpaired) electrons. The molecule has 142 valence electrons. The second-order valence-electron chi connectivity index (χ2n) is 6.72. The second-order valence-corrected chi connectivity index (χ2v) is 6.72. The van der Waals surface area contributed by atoms with Crippen LogP contribution in [0, 0.1) is 0 Å². The van der Waals surface area contributed by atoms with Crippen molar-refractivity contribution in [3.05, 3.63) is 59.7 Å². The van der Waals surface area contributed by atoms with Gasteiger partial charge in [-0.15, -0.1) is 0 Å². The number of rotatable bonds is 4. The molecule has 2 amide bonds. The predicted molar refractivity (Wildman–Crippen MR) is 106 cm³/mol. The Bertz CT molecular complexity index is 810. The van der Waals surface area contributed by atoms with Crippen LogP contribution in [0.1, 0.15) is 20.7 Å². The van der Waals surface area contributed by atoms with Crippen LogP contribution in [0.25, 0.3) is 0 Å². The summed E-state index contributed by atoms with van der Waals surface area (Å²) in [6.45, 7) is 2.12. The van der Waals surface area contributed by atoms with Crippen molar-refractivity contribution in [3.8, 4) is 5.75 Å². The highest BCUT2D eigenvalue weighted by Crippen LogP contribution is 2.21. The molecule has 2 aromatic rings. The molecule has 1 aliphatic heterocycles. The Morgan fingerprint density at radius 1 is 0.852 bits per heavy atom. The van der Waals surface area contributed by atoms with Gasteiger partial charge < -0.3 is 19.4 Å². The van der Waals surface area contributed by atoms with Crippen molar-refractivity contribution in [1.82, 2.24) is 9.80 Å². The van der Waals surface area contributed by atoms with Crippen molar-refractivity contribution >= 4 is 17.5 Å². The Morgan fingerprint density at radius 2 is 1.41 bits per heavy atom. The van der Waals surface area contributed by atoms with Crippen molar-refractivity contribution in [2.24, 2.45) is 0 Å². The molecule has 6 heteroatoms. The van der Waals surface area contributed by atoms with Gasteiger partial charge in [0.2, 0.25) is 0 Å². The summed E-state index contributed by atoms with van der Waals surface area (Å²) >= 11 is 0. The second kappa shape index (κ2) is 8.12. The van der Waals surface area contributed by atoms with E-state index in [4.69, 9.17) is 4.74 Å². The first-order valence-corrected chi connectivity index (χ1v) is 9.00. The average Bonchev–Trinajstić information content (AvgIpc) is 2.73. The van der Waals surface area contributed by atoms with Crippen molar-refractivity contribution < 1.29 is 14.3 Å². The maximum absolute atomic E-state index is 12.9. The van der Waals surface area contributed by atoms with E-state index in [9.17, 15) is 9.59 Å². The van der Waals surface area contributed by atoms with Crippen LogP contribution in [0.5, 0.6) is 5.75 Å².